The lowest BCUT2D eigenvalue weighted by molar-refractivity contribution is -0.116. The average Bonchev–Trinajstić information content (AvgIpc) is 2.58. The van der Waals surface area contributed by atoms with Gasteiger partial charge in [0.05, 0.1) is 0 Å². The number of amides is 2. The van der Waals surface area contributed by atoms with E-state index in [2.05, 4.69) is 29.3 Å². The maximum absolute atomic E-state index is 12.0. The fourth-order valence-corrected chi connectivity index (χ4v) is 3.16. The van der Waals surface area contributed by atoms with Gasteiger partial charge in [0.25, 0.3) is 0 Å². The van der Waals surface area contributed by atoms with Gasteiger partial charge >= 0.3 is 6.09 Å². The van der Waals surface area contributed by atoms with E-state index >= 15 is 0 Å². The number of carbonyl (C=O) groups is 2. The molecule has 1 saturated heterocycles. The first-order valence-corrected chi connectivity index (χ1v) is 9.75. The fourth-order valence-electron chi connectivity index (χ4n) is 3.16. The third kappa shape index (κ3) is 6.77. The number of benzene rings is 1. The van der Waals surface area contributed by atoms with Gasteiger partial charge in [0, 0.05) is 44.5 Å². The molecule has 0 aromatic heterocycles. The molecule has 0 saturated carbocycles. The minimum absolute atomic E-state index is 0.0551. The van der Waals surface area contributed by atoms with Crippen molar-refractivity contribution in [3.8, 4) is 0 Å². The van der Waals surface area contributed by atoms with Gasteiger partial charge in [-0.25, -0.2) is 4.79 Å². The summed E-state index contributed by atoms with van der Waals surface area (Å²) in [4.78, 5) is 27.9. The highest BCUT2D eigenvalue weighted by Gasteiger charge is 2.18. The number of alkyl carbamates (subject to hydrolysis) is 1. The van der Waals surface area contributed by atoms with Crippen molar-refractivity contribution in [3.05, 3.63) is 24.3 Å². The smallest absolute Gasteiger partial charge is 0.407 e. The van der Waals surface area contributed by atoms with E-state index < -0.39 is 11.7 Å². The Morgan fingerprint density at radius 3 is 2.30 bits per heavy atom. The van der Waals surface area contributed by atoms with Crippen LogP contribution in [0.2, 0.25) is 0 Å². The molecular formula is C21H33N3O3. The first-order valence-electron chi connectivity index (χ1n) is 9.75. The first-order chi connectivity index (χ1) is 12.7. The van der Waals surface area contributed by atoms with Crippen molar-refractivity contribution in [1.29, 1.82) is 0 Å². The van der Waals surface area contributed by atoms with Gasteiger partial charge in [0.15, 0.2) is 0 Å². The van der Waals surface area contributed by atoms with Gasteiger partial charge in [-0.15, -0.1) is 0 Å². The normalized spacial score (nSPS) is 15.4. The molecule has 1 heterocycles. The standard InChI is InChI=1S/C21H33N3O3/c1-16-10-13-23(14-11-16)18-6-8-19(9-7-18)24(17(2)25)15-12-22-20(26)27-21(3,4)5/h6-9,16H,10-15H2,1-5H3,(H,22,26). The summed E-state index contributed by atoms with van der Waals surface area (Å²) in [6.45, 7) is 12.2. The molecule has 1 aromatic rings. The van der Waals surface area contributed by atoms with E-state index in [0.717, 1.165) is 24.7 Å². The minimum Gasteiger partial charge on any atom is -0.444 e. The Morgan fingerprint density at radius 1 is 1.19 bits per heavy atom. The van der Waals surface area contributed by atoms with Crippen LogP contribution in [0.3, 0.4) is 0 Å². The maximum Gasteiger partial charge on any atom is 0.407 e. The molecule has 1 fully saturated rings. The number of carbonyl (C=O) groups excluding carboxylic acids is 2. The lowest BCUT2D eigenvalue weighted by Crippen LogP contribution is -2.39. The summed E-state index contributed by atoms with van der Waals surface area (Å²) in [6, 6.07) is 8.09. The van der Waals surface area contributed by atoms with Crippen LogP contribution in [0.15, 0.2) is 24.3 Å². The molecule has 2 rings (SSSR count). The molecule has 1 N–H and O–H groups in total. The van der Waals surface area contributed by atoms with Crippen molar-refractivity contribution >= 4 is 23.4 Å². The lowest BCUT2D eigenvalue weighted by atomic mass is 9.99. The topological polar surface area (TPSA) is 61.9 Å². The fraction of sp³-hybridized carbons (Fsp3) is 0.619. The second-order valence-corrected chi connectivity index (χ2v) is 8.29. The summed E-state index contributed by atoms with van der Waals surface area (Å²) >= 11 is 0. The highest BCUT2D eigenvalue weighted by Crippen LogP contribution is 2.25. The van der Waals surface area contributed by atoms with Gasteiger partial charge in [-0.05, 0) is 63.8 Å². The Kier molecular flexibility index (Phi) is 7.11. The van der Waals surface area contributed by atoms with Crippen LogP contribution in [-0.2, 0) is 9.53 Å². The van der Waals surface area contributed by atoms with E-state index in [4.69, 9.17) is 4.74 Å². The average molecular weight is 376 g/mol. The van der Waals surface area contributed by atoms with Gasteiger partial charge in [-0.1, -0.05) is 6.92 Å². The molecule has 1 aromatic carbocycles. The summed E-state index contributed by atoms with van der Waals surface area (Å²) in [5.41, 5.74) is 1.50. The van der Waals surface area contributed by atoms with Crippen LogP contribution in [0, 0.1) is 5.92 Å². The van der Waals surface area contributed by atoms with Crippen molar-refractivity contribution in [2.24, 2.45) is 5.92 Å². The second kappa shape index (κ2) is 9.11. The number of nitrogens with one attached hydrogen (secondary N) is 1. The van der Waals surface area contributed by atoms with Crippen molar-refractivity contribution < 1.29 is 14.3 Å². The molecule has 2 amide bonds. The predicted octanol–water partition coefficient (Wildman–Crippen LogP) is 3.80. The van der Waals surface area contributed by atoms with E-state index in [1.54, 1.807) is 4.90 Å². The molecular weight excluding hydrogens is 342 g/mol. The van der Waals surface area contributed by atoms with E-state index in [-0.39, 0.29) is 5.91 Å². The van der Waals surface area contributed by atoms with Crippen LogP contribution in [0.1, 0.15) is 47.5 Å². The molecule has 1 aliphatic rings. The number of hydrogen-bond donors (Lipinski definition) is 1. The third-order valence-corrected chi connectivity index (χ3v) is 4.69. The number of ether oxygens (including phenoxy) is 1. The van der Waals surface area contributed by atoms with Gasteiger partial charge in [-0.3, -0.25) is 4.79 Å². The Labute approximate surface area is 162 Å². The summed E-state index contributed by atoms with van der Waals surface area (Å²) in [7, 11) is 0. The van der Waals surface area contributed by atoms with Gasteiger partial charge in [0.2, 0.25) is 5.91 Å². The molecule has 6 heteroatoms. The van der Waals surface area contributed by atoms with Gasteiger partial charge < -0.3 is 19.9 Å². The molecule has 150 valence electrons. The predicted molar refractivity (Wildman–Crippen MR) is 109 cm³/mol. The lowest BCUT2D eigenvalue weighted by Gasteiger charge is -2.32. The van der Waals surface area contributed by atoms with E-state index in [9.17, 15) is 9.59 Å². The SMILES string of the molecule is CC(=O)N(CCNC(=O)OC(C)(C)C)c1ccc(N2CCC(C)CC2)cc1. The van der Waals surface area contributed by atoms with Crippen molar-refractivity contribution in [1.82, 2.24) is 5.32 Å². The van der Waals surface area contributed by atoms with Crippen LogP contribution in [0.4, 0.5) is 16.2 Å². The molecule has 0 spiro atoms. The van der Waals surface area contributed by atoms with Crippen molar-refractivity contribution in [3.63, 3.8) is 0 Å². The van der Waals surface area contributed by atoms with Crippen LogP contribution >= 0.6 is 0 Å². The Morgan fingerprint density at radius 2 is 1.78 bits per heavy atom. The Hall–Kier alpha value is -2.24. The molecule has 0 atom stereocenters. The number of nitrogens with zero attached hydrogens (tertiary/aromatic N) is 2. The Bertz CT molecular complexity index is 629. The van der Waals surface area contributed by atoms with Crippen LogP contribution in [0.5, 0.6) is 0 Å². The third-order valence-electron chi connectivity index (χ3n) is 4.69. The molecule has 0 bridgehead atoms. The zero-order valence-electron chi connectivity index (χ0n) is 17.2. The second-order valence-electron chi connectivity index (χ2n) is 8.29. The molecule has 0 unspecified atom stereocenters. The molecule has 6 nitrogen and oxygen atoms in total. The highest BCUT2D eigenvalue weighted by molar-refractivity contribution is 5.91. The molecule has 0 aliphatic carbocycles. The first kappa shape index (κ1) is 21.1. The summed E-state index contributed by atoms with van der Waals surface area (Å²) in [5.74, 6) is 0.742. The van der Waals surface area contributed by atoms with E-state index in [1.807, 2.05) is 32.9 Å². The highest BCUT2D eigenvalue weighted by atomic mass is 16.6. The number of hydrogen-bond acceptors (Lipinski definition) is 4. The van der Waals surface area contributed by atoms with Gasteiger partial charge in [0.1, 0.15) is 5.60 Å². The summed E-state index contributed by atoms with van der Waals surface area (Å²) < 4.78 is 5.22. The maximum atomic E-state index is 12.0. The van der Waals surface area contributed by atoms with Crippen molar-refractivity contribution in [2.45, 2.75) is 53.1 Å². The summed E-state index contributed by atoms with van der Waals surface area (Å²) in [5, 5.41) is 2.70. The molecule has 27 heavy (non-hydrogen) atoms. The number of anilines is 2. The molecule has 1 aliphatic heterocycles. The monoisotopic (exact) mass is 375 g/mol. The largest absolute Gasteiger partial charge is 0.444 e. The summed E-state index contributed by atoms with van der Waals surface area (Å²) in [6.07, 6.45) is 1.97. The van der Waals surface area contributed by atoms with Crippen LogP contribution < -0.4 is 15.1 Å². The molecule has 0 radical (unpaired) electrons. The van der Waals surface area contributed by atoms with Gasteiger partial charge in [-0.2, -0.15) is 0 Å². The Balaban J connectivity index is 1.92. The minimum atomic E-state index is -0.535. The van der Waals surface area contributed by atoms with E-state index in [0.29, 0.717) is 13.1 Å². The zero-order valence-corrected chi connectivity index (χ0v) is 17.2. The quantitative estimate of drug-likeness (QED) is 0.850. The zero-order chi connectivity index (χ0) is 20.0. The van der Waals surface area contributed by atoms with Crippen LogP contribution in [0.25, 0.3) is 0 Å². The number of piperidine rings is 1. The van der Waals surface area contributed by atoms with E-state index in [1.165, 1.54) is 25.5 Å². The van der Waals surface area contributed by atoms with Crippen molar-refractivity contribution in [2.75, 3.05) is 36.0 Å². The van der Waals surface area contributed by atoms with Crippen LogP contribution in [-0.4, -0.2) is 43.8 Å². The number of rotatable bonds is 5.